The highest BCUT2D eigenvalue weighted by atomic mass is 16.7. The Labute approximate surface area is 263 Å². The first kappa shape index (κ1) is 30.4. The molecule has 7 atom stereocenters. The van der Waals surface area contributed by atoms with E-state index in [0.29, 0.717) is 28.6 Å². The predicted octanol–water partition coefficient (Wildman–Crippen LogP) is 1.96. The monoisotopic (exact) mass is 638 g/mol. The number of carboxylic acid groups (broad SMARTS) is 1. The maximum atomic E-state index is 11.9. The Morgan fingerprint density at radius 2 is 1.83 bits per heavy atom. The van der Waals surface area contributed by atoms with Crippen molar-refractivity contribution in [1.82, 2.24) is 0 Å². The molecule has 244 valence electrons. The molecule has 5 heterocycles. The van der Waals surface area contributed by atoms with E-state index < -0.39 is 66.9 Å². The standard InChI is InChI=1S/C33H34O13/c1-40-19-8-7-17-25-27(45-28(17)29(19)41-2)18-12-16-6-5-11-33(39)22(15-42-24(36)14-23(34)35)44-31(26(37)30(33)38)43-20(16)13-21(18)46-32(25)9-3-4-10-32/h7-8,12-13,22,25-27,30-31,37-39H,3-4,9-11,14-15H2,1-2H3,(H,34,35)/t22-,25+,26-,27+,30-,31-,33-/m1/s1. The number of aliphatic hydroxyl groups is 3. The second-order valence-electron chi connectivity index (χ2n) is 12.3. The number of aliphatic hydroxyl groups excluding tert-OH is 2. The number of benzene rings is 2. The Morgan fingerprint density at radius 3 is 2.54 bits per heavy atom. The molecule has 0 unspecified atom stereocenters. The van der Waals surface area contributed by atoms with E-state index in [0.717, 1.165) is 36.8 Å². The van der Waals surface area contributed by atoms with Crippen molar-refractivity contribution < 1.29 is 63.2 Å². The number of fused-ring (bicyclic) bond motifs is 9. The smallest absolute Gasteiger partial charge is 0.317 e. The van der Waals surface area contributed by atoms with Crippen LogP contribution in [0.5, 0.6) is 28.7 Å². The summed E-state index contributed by atoms with van der Waals surface area (Å²) in [5.41, 5.74) is -0.606. The topological polar surface area (TPSA) is 180 Å². The van der Waals surface area contributed by atoms with Gasteiger partial charge in [0.1, 0.15) is 60.1 Å². The molecule has 1 saturated heterocycles. The van der Waals surface area contributed by atoms with Crippen molar-refractivity contribution in [2.45, 2.75) is 86.4 Å². The highest BCUT2D eigenvalue weighted by Gasteiger charge is 2.59. The van der Waals surface area contributed by atoms with Crippen LogP contribution in [0.4, 0.5) is 0 Å². The highest BCUT2D eigenvalue weighted by Crippen LogP contribution is 2.64. The molecule has 1 spiro atoms. The zero-order chi connectivity index (χ0) is 32.4. The fourth-order valence-corrected chi connectivity index (χ4v) is 7.44. The lowest BCUT2D eigenvalue weighted by molar-refractivity contribution is -0.312. The van der Waals surface area contributed by atoms with E-state index in [1.807, 2.05) is 12.1 Å². The van der Waals surface area contributed by atoms with Crippen molar-refractivity contribution in [3.05, 3.63) is 41.0 Å². The molecule has 8 rings (SSSR count). The van der Waals surface area contributed by atoms with Crippen molar-refractivity contribution >= 4 is 11.9 Å². The Hall–Kier alpha value is -4.22. The fourth-order valence-electron chi connectivity index (χ4n) is 7.44. The van der Waals surface area contributed by atoms with Crippen molar-refractivity contribution in [3.8, 4) is 40.6 Å². The van der Waals surface area contributed by atoms with Crippen LogP contribution in [0.15, 0.2) is 24.3 Å². The molecule has 0 radical (unpaired) electrons. The average Bonchev–Trinajstić information content (AvgIpc) is 3.66. The van der Waals surface area contributed by atoms with Crippen LogP contribution >= 0.6 is 0 Å². The van der Waals surface area contributed by atoms with Crippen LogP contribution in [0.25, 0.3) is 0 Å². The summed E-state index contributed by atoms with van der Waals surface area (Å²) < 4.78 is 41.7. The summed E-state index contributed by atoms with van der Waals surface area (Å²) in [4.78, 5) is 22.8. The van der Waals surface area contributed by atoms with Crippen LogP contribution in [0.2, 0.25) is 0 Å². The zero-order valence-corrected chi connectivity index (χ0v) is 25.2. The Morgan fingerprint density at radius 1 is 1.04 bits per heavy atom. The van der Waals surface area contributed by atoms with Gasteiger partial charge in [0.15, 0.2) is 11.5 Å². The molecule has 2 aromatic carbocycles. The fraction of sp³-hybridized carbons (Fsp3) is 0.515. The number of carboxylic acids is 1. The van der Waals surface area contributed by atoms with Crippen molar-refractivity contribution in [2.24, 2.45) is 0 Å². The van der Waals surface area contributed by atoms with Gasteiger partial charge in [-0.1, -0.05) is 17.9 Å². The van der Waals surface area contributed by atoms with E-state index in [2.05, 4.69) is 11.8 Å². The van der Waals surface area contributed by atoms with Crippen LogP contribution in [0.3, 0.4) is 0 Å². The van der Waals surface area contributed by atoms with Crippen LogP contribution in [-0.2, 0) is 19.1 Å². The van der Waals surface area contributed by atoms with E-state index >= 15 is 0 Å². The van der Waals surface area contributed by atoms with Crippen LogP contribution < -0.4 is 23.7 Å². The first-order valence-electron chi connectivity index (χ1n) is 15.1. The normalized spacial score (nSPS) is 31.0. The number of aliphatic carboxylic acids is 1. The first-order valence-corrected chi connectivity index (χ1v) is 15.1. The molecular formula is C33H34O13. The van der Waals surface area contributed by atoms with Gasteiger partial charge in [-0.2, -0.15) is 0 Å². The number of esters is 1. The van der Waals surface area contributed by atoms with Gasteiger partial charge < -0.3 is 53.6 Å². The molecule has 1 saturated carbocycles. The zero-order valence-electron chi connectivity index (χ0n) is 25.2. The van der Waals surface area contributed by atoms with Crippen molar-refractivity contribution in [2.75, 3.05) is 20.8 Å². The van der Waals surface area contributed by atoms with E-state index in [4.69, 9.17) is 38.3 Å². The van der Waals surface area contributed by atoms with Crippen LogP contribution in [-0.4, -0.2) is 89.0 Å². The summed E-state index contributed by atoms with van der Waals surface area (Å²) in [5.74, 6) is 5.67. The molecule has 2 aromatic rings. The van der Waals surface area contributed by atoms with Gasteiger partial charge >= 0.3 is 11.9 Å². The lowest BCUT2D eigenvalue weighted by Crippen LogP contribution is -2.68. The highest BCUT2D eigenvalue weighted by molar-refractivity contribution is 5.90. The van der Waals surface area contributed by atoms with E-state index in [1.54, 1.807) is 26.4 Å². The minimum atomic E-state index is -2.17. The largest absolute Gasteiger partial charge is 0.493 e. The molecule has 6 aliphatic rings. The summed E-state index contributed by atoms with van der Waals surface area (Å²) in [6.07, 6.45) is -4.53. The van der Waals surface area contributed by atoms with Crippen LogP contribution in [0, 0.1) is 11.8 Å². The third-order valence-electron chi connectivity index (χ3n) is 9.66. The maximum absolute atomic E-state index is 11.9. The Bertz CT molecular complexity index is 1640. The number of ether oxygens (including phenoxy) is 7. The molecule has 2 fully saturated rings. The molecule has 4 N–H and O–H groups in total. The number of methoxy groups -OCH3 is 2. The number of hydrogen-bond acceptors (Lipinski definition) is 12. The SMILES string of the molecule is COc1ccc2c(c1OC)O[C@H]1c3cc4c(cc3OC3(CCCC3)[C@@H]21)O[C@@H]1O[C@H](COC(=O)CC(=O)O)[C@](O)(CC#C4)[C@H](O)[C@H]1O. The molecule has 5 aliphatic heterocycles. The van der Waals surface area contributed by atoms with Gasteiger partial charge in [-0.25, -0.2) is 0 Å². The van der Waals surface area contributed by atoms with Gasteiger partial charge in [-0.3, -0.25) is 9.59 Å². The van der Waals surface area contributed by atoms with E-state index in [9.17, 15) is 24.9 Å². The average molecular weight is 639 g/mol. The number of carbonyl (C=O) groups is 2. The minimum absolute atomic E-state index is 0.134. The van der Waals surface area contributed by atoms with Crippen LogP contribution in [0.1, 0.15) is 67.2 Å². The molecule has 46 heavy (non-hydrogen) atoms. The maximum Gasteiger partial charge on any atom is 0.317 e. The van der Waals surface area contributed by atoms with Crippen molar-refractivity contribution in [1.29, 1.82) is 0 Å². The van der Waals surface area contributed by atoms with Gasteiger partial charge in [0.25, 0.3) is 0 Å². The summed E-state index contributed by atoms with van der Waals surface area (Å²) in [6.45, 7) is -0.605. The van der Waals surface area contributed by atoms with E-state index in [1.165, 1.54) is 0 Å². The second kappa shape index (κ2) is 11.2. The number of carbonyl (C=O) groups excluding carboxylic acids is 1. The summed E-state index contributed by atoms with van der Waals surface area (Å²) in [6, 6.07) is 7.34. The number of hydrogen-bond donors (Lipinski definition) is 4. The van der Waals surface area contributed by atoms with Gasteiger partial charge in [0.2, 0.25) is 12.0 Å². The molecule has 13 heteroatoms. The summed E-state index contributed by atoms with van der Waals surface area (Å²) in [7, 11) is 3.14. The first-order chi connectivity index (χ1) is 22.1. The summed E-state index contributed by atoms with van der Waals surface area (Å²) in [5, 5.41) is 42.2. The van der Waals surface area contributed by atoms with E-state index in [-0.39, 0.29) is 18.1 Å². The van der Waals surface area contributed by atoms with Gasteiger partial charge in [0.05, 0.1) is 25.7 Å². The van der Waals surface area contributed by atoms with Gasteiger partial charge in [-0.05, 0) is 37.8 Å². The second-order valence-corrected chi connectivity index (χ2v) is 12.3. The predicted molar refractivity (Wildman–Crippen MR) is 155 cm³/mol. The minimum Gasteiger partial charge on any atom is -0.493 e. The Kier molecular flexibility index (Phi) is 7.43. The molecular weight excluding hydrogens is 604 g/mol. The Balaban J connectivity index is 1.27. The quantitative estimate of drug-likeness (QED) is 0.205. The third kappa shape index (κ3) is 4.70. The third-order valence-corrected chi connectivity index (χ3v) is 9.66. The number of rotatable bonds is 6. The molecule has 2 bridgehead atoms. The molecule has 1 aliphatic carbocycles. The van der Waals surface area contributed by atoms with Crippen molar-refractivity contribution in [3.63, 3.8) is 0 Å². The van der Waals surface area contributed by atoms with Gasteiger partial charge in [0, 0.05) is 23.6 Å². The van der Waals surface area contributed by atoms with Gasteiger partial charge in [-0.15, -0.1) is 0 Å². The summed E-state index contributed by atoms with van der Waals surface area (Å²) >= 11 is 0. The lowest BCUT2D eigenvalue weighted by Gasteiger charge is -2.47. The molecule has 0 amide bonds. The molecule has 0 aromatic heterocycles. The molecule has 13 nitrogen and oxygen atoms in total. The lowest BCUT2D eigenvalue weighted by atomic mass is 9.74.